The number of carbonyl (C=O) groups excluding carboxylic acids is 3. The highest BCUT2D eigenvalue weighted by Gasteiger charge is 2.56. The highest BCUT2D eigenvalue weighted by Crippen LogP contribution is 2.41. The first-order valence-electron chi connectivity index (χ1n) is 8.50. The van der Waals surface area contributed by atoms with Gasteiger partial charge in [-0.3, -0.25) is 19.3 Å². The molecule has 132 valence electrons. The normalized spacial score (nSPS) is 21.4. The fourth-order valence-corrected chi connectivity index (χ4v) is 3.63. The maximum atomic E-state index is 12.8. The maximum absolute atomic E-state index is 12.8. The van der Waals surface area contributed by atoms with Crippen molar-refractivity contribution in [2.75, 3.05) is 0 Å². The van der Waals surface area contributed by atoms with Crippen molar-refractivity contribution in [3.05, 3.63) is 83.1 Å². The molecule has 27 heavy (non-hydrogen) atoms. The van der Waals surface area contributed by atoms with Crippen LogP contribution in [0.25, 0.3) is 0 Å². The minimum atomic E-state index is -0.901. The van der Waals surface area contributed by atoms with Crippen molar-refractivity contribution in [2.45, 2.75) is 19.0 Å². The molecule has 2 aliphatic heterocycles. The van der Waals surface area contributed by atoms with Gasteiger partial charge in [0.25, 0.3) is 17.7 Å². The fourth-order valence-electron chi connectivity index (χ4n) is 3.63. The standard InChI is InChI=1S/C21H15N3O3/c1-2-11-23-17(14-9-7-13(12-22)8-10-14)18(21(23)27)24-19(25)15-5-3-4-6-16(15)20(24)26/h2-11,17-18H,1H3/t17-,18+/m1/s1. The van der Waals surface area contributed by atoms with Gasteiger partial charge in [0.2, 0.25) is 0 Å². The largest absolute Gasteiger partial charge is 0.307 e. The molecule has 6 heteroatoms. The van der Waals surface area contributed by atoms with Crippen LogP contribution >= 0.6 is 0 Å². The molecule has 0 radical (unpaired) electrons. The van der Waals surface area contributed by atoms with Crippen LogP contribution in [0.4, 0.5) is 0 Å². The number of benzene rings is 2. The third-order valence-corrected chi connectivity index (χ3v) is 4.90. The van der Waals surface area contributed by atoms with E-state index in [0.29, 0.717) is 16.7 Å². The Bertz CT molecular complexity index is 998. The molecular formula is C21H15N3O3. The number of allylic oxidation sites excluding steroid dienone is 1. The SMILES string of the molecule is CC=CN1C(=O)[C@@H](N2C(=O)c3ccccc3C2=O)[C@H]1c1ccc(C#N)cc1. The Balaban J connectivity index is 1.75. The molecule has 0 aromatic heterocycles. The lowest BCUT2D eigenvalue weighted by Gasteiger charge is -2.48. The number of β-lactam (4-membered cyclic amide) rings is 1. The van der Waals surface area contributed by atoms with E-state index < -0.39 is 23.9 Å². The van der Waals surface area contributed by atoms with Gasteiger partial charge in [0, 0.05) is 6.20 Å². The zero-order valence-corrected chi connectivity index (χ0v) is 14.5. The minimum Gasteiger partial charge on any atom is -0.307 e. The lowest BCUT2D eigenvalue weighted by molar-refractivity contribution is -0.150. The molecule has 2 aliphatic rings. The van der Waals surface area contributed by atoms with Gasteiger partial charge in [0.15, 0.2) is 0 Å². The first kappa shape index (κ1) is 16.7. The molecule has 0 bridgehead atoms. The average molecular weight is 357 g/mol. The van der Waals surface area contributed by atoms with Gasteiger partial charge in [-0.25, -0.2) is 0 Å². The van der Waals surface area contributed by atoms with Gasteiger partial charge >= 0.3 is 0 Å². The van der Waals surface area contributed by atoms with Crippen LogP contribution < -0.4 is 0 Å². The summed E-state index contributed by atoms with van der Waals surface area (Å²) < 4.78 is 0. The van der Waals surface area contributed by atoms with E-state index in [1.165, 1.54) is 4.90 Å². The number of imide groups is 1. The zero-order valence-electron chi connectivity index (χ0n) is 14.5. The number of amides is 3. The van der Waals surface area contributed by atoms with E-state index in [0.717, 1.165) is 10.5 Å². The number of rotatable bonds is 3. The summed E-state index contributed by atoms with van der Waals surface area (Å²) in [6.45, 7) is 1.79. The Kier molecular flexibility index (Phi) is 3.85. The smallest absolute Gasteiger partial charge is 0.262 e. The Morgan fingerprint density at radius 3 is 2.04 bits per heavy atom. The van der Waals surface area contributed by atoms with Gasteiger partial charge in [-0.2, -0.15) is 5.26 Å². The van der Waals surface area contributed by atoms with Gasteiger partial charge in [0.05, 0.1) is 28.8 Å². The second-order valence-electron chi connectivity index (χ2n) is 6.38. The van der Waals surface area contributed by atoms with Gasteiger partial charge in [-0.1, -0.05) is 30.3 Å². The third kappa shape index (κ3) is 2.36. The second kappa shape index (κ2) is 6.22. The zero-order chi connectivity index (χ0) is 19.1. The van der Waals surface area contributed by atoms with Crippen LogP contribution in [0.2, 0.25) is 0 Å². The van der Waals surface area contributed by atoms with Crippen LogP contribution in [0.3, 0.4) is 0 Å². The molecule has 0 saturated carbocycles. The number of fused-ring (bicyclic) bond motifs is 1. The molecule has 0 N–H and O–H groups in total. The molecule has 2 aromatic carbocycles. The second-order valence-corrected chi connectivity index (χ2v) is 6.38. The number of hydrogen-bond acceptors (Lipinski definition) is 4. The topological polar surface area (TPSA) is 81.5 Å². The molecule has 2 heterocycles. The molecule has 3 amide bonds. The summed E-state index contributed by atoms with van der Waals surface area (Å²) in [5, 5.41) is 8.99. The van der Waals surface area contributed by atoms with Crippen LogP contribution in [-0.2, 0) is 4.79 Å². The predicted octanol–water partition coefficient (Wildman–Crippen LogP) is 2.64. The molecule has 4 rings (SSSR count). The van der Waals surface area contributed by atoms with Crippen molar-refractivity contribution in [3.8, 4) is 6.07 Å². The molecule has 1 fully saturated rings. The van der Waals surface area contributed by atoms with Crippen LogP contribution in [0.15, 0.2) is 60.8 Å². The number of nitriles is 1. The van der Waals surface area contributed by atoms with E-state index in [-0.39, 0.29) is 5.91 Å². The van der Waals surface area contributed by atoms with Gasteiger partial charge in [-0.05, 0) is 36.8 Å². The summed E-state index contributed by atoms with van der Waals surface area (Å²) in [6, 6.07) is 14.1. The molecular weight excluding hydrogens is 342 g/mol. The van der Waals surface area contributed by atoms with E-state index in [1.54, 1.807) is 67.7 Å². The van der Waals surface area contributed by atoms with E-state index in [2.05, 4.69) is 6.07 Å². The molecule has 2 aromatic rings. The Morgan fingerprint density at radius 1 is 0.926 bits per heavy atom. The van der Waals surface area contributed by atoms with E-state index in [9.17, 15) is 14.4 Å². The minimum absolute atomic E-state index is 0.308. The molecule has 6 nitrogen and oxygen atoms in total. The summed E-state index contributed by atoms with van der Waals surface area (Å²) in [5.74, 6) is -1.21. The lowest BCUT2D eigenvalue weighted by atomic mass is 9.87. The molecule has 0 unspecified atom stereocenters. The summed E-state index contributed by atoms with van der Waals surface area (Å²) in [6.07, 6.45) is 3.37. The Hall–Kier alpha value is -3.72. The van der Waals surface area contributed by atoms with Crippen LogP contribution in [-0.4, -0.2) is 33.6 Å². The van der Waals surface area contributed by atoms with Gasteiger partial charge < -0.3 is 4.90 Å². The van der Waals surface area contributed by atoms with Gasteiger partial charge in [0.1, 0.15) is 6.04 Å². The van der Waals surface area contributed by atoms with Gasteiger partial charge in [-0.15, -0.1) is 0 Å². The first-order valence-corrected chi connectivity index (χ1v) is 8.50. The summed E-state index contributed by atoms with van der Waals surface area (Å²) in [7, 11) is 0. The van der Waals surface area contributed by atoms with E-state index in [4.69, 9.17) is 5.26 Å². The highest BCUT2D eigenvalue weighted by molar-refractivity contribution is 6.23. The van der Waals surface area contributed by atoms with E-state index in [1.807, 2.05) is 0 Å². The number of nitrogens with zero attached hydrogens (tertiary/aromatic N) is 3. The van der Waals surface area contributed by atoms with Crippen LogP contribution in [0, 0.1) is 11.3 Å². The molecule has 0 spiro atoms. The molecule has 1 saturated heterocycles. The lowest BCUT2D eigenvalue weighted by Crippen LogP contribution is -2.64. The van der Waals surface area contributed by atoms with Crippen molar-refractivity contribution in [3.63, 3.8) is 0 Å². The summed E-state index contributed by atoms with van der Waals surface area (Å²) in [5.41, 5.74) is 1.89. The molecule has 2 atom stereocenters. The first-order chi connectivity index (χ1) is 13.1. The monoisotopic (exact) mass is 357 g/mol. The average Bonchev–Trinajstić information content (AvgIpc) is 2.95. The quantitative estimate of drug-likeness (QED) is 0.625. The third-order valence-electron chi connectivity index (χ3n) is 4.90. The van der Waals surface area contributed by atoms with Crippen molar-refractivity contribution >= 4 is 17.7 Å². The van der Waals surface area contributed by atoms with Crippen LogP contribution in [0.1, 0.15) is 44.8 Å². The Labute approximate surface area is 155 Å². The van der Waals surface area contributed by atoms with E-state index >= 15 is 0 Å². The summed E-state index contributed by atoms with van der Waals surface area (Å²) >= 11 is 0. The van der Waals surface area contributed by atoms with Crippen LogP contribution in [0.5, 0.6) is 0 Å². The number of likely N-dealkylation sites (tertiary alicyclic amines) is 1. The fraction of sp³-hybridized carbons (Fsp3) is 0.143. The highest BCUT2D eigenvalue weighted by atomic mass is 16.2. The van der Waals surface area contributed by atoms with Crippen molar-refractivity contribution in [1.29, 1.82) is 5.26 Å². The van der Waals surface area contributed by atoms with Crippen molar-refractivity contribution in [2.24, 2.45) is 0 Å². The van der Waals surface area contributed by atoms with Crippen molar-refractivity contribution < 1.29 is 14.4 Å². The maximum Gasteiger partial charge on any atom is 0.262 e. The predicted molar refractivity (Wildman–Crippen MR) is 96.3 cm³/mol. The molecule has 0 aliphatic carbocycles. The number of carbonyl (C=O) groups is 3. The summed E-state index contributed by atoms with van der Waals surface area (Å²) in [4.78, 5) is 40.9. The number of hydrogen-bond donors (Lipinski definition) is 0. The Morgan fingerprint density at radius 2 is 1.52 bits per heavy atom. The van der Waals surface area contributed by atoms with Crippen molar-refractivity contribution in [1.82, 2.24) is 9.80 Å².